The Morgan fingerprint density at radius 1 is 1.22 bits per heavy atom. The maximum absolute atomic E-state index is 11.9. The lowest BCUT2D eigenvalue weighted by atomic mass is 10.2. The summed E-state index contributed by atoms with van der Waals surface area (Å²) in [4.78, 5) is 16.3. The molecule has 0 unspecified atom stereocenters. The van der Waals surface area contributed by atoms with Crippen molar-refractivity contribution in [1.82, 2.24) is 10.1 Å². The number of hydrogen-bond acceptors (Lipinski definition) is 5. The van der Waals surface area contributed by atoms with Gasteiger partial charge in [0.05, 0.1) is 10.6 Å². The van der Waals surface area contributed by atoms with Crippen molar-refractivity contribution in [1.29, 1.82) is 0 Å². The number of carbonyl (C=O) groups is 1. The molecule has 0 saturated carbocycles. The van der Waals surface area contributed by atoms with Gasteiger partial charge in [0, 0.05) is 36.4 Å². The zero-order valence-corrected chi connectivity index (χ0v) is 16.0. The molecule has 140 valence electrons. The summed E-state index contributed by atoms with van der Waals surface area (Å²) in [6.45, 7) is 0.548. The molecule has 0 aliphatic rings. The number of aromatic nitrogens is 2. The third kappa shape index (κ3) is 5.07. The summed E-state index contributed by atoms with van der Waals surface area (Å²) >= 11 is 12.1. The van der Waals surface area contributed by atoms with Crippen molar-refractivity contribution in [3.8, 4) is 22.8 Å². The first kappa shape index (κ1) is 19.4. The normalized spacial score (nSPS) is 10.8. The number of halogens is 2. The molecule has 1 N–H and O–H groups in total. The van der Waals surface area contributed by atoms with E-state index in [1.807, 2.05) is 12.1 Å². The number of ether oxygens (including phenoxy) is 1. The van der Waals surface area contributed by atoms with E-state index in [0.29, 0.717) is 58.0 Å². The van der Waals surface area contributed by atoms with Crippen LogP contribution in [-0.4, -0.2) is 29.8 Å². The average molecular weight is 406 g/mol. The van der Waals surface area contributed by atoms with Gasteiger partial charge in [0.25, 0.3) is 5.89 Å². The lowest BCUT2D eigenvalue weighted by Crippen LogP contribution is -2.12. The SMILES string of the molecule is COCCCC(=O)Nc1cccc(-c2noc(-c3ccc(Cl)cc3Cl)n2)c1. The minimum atomic E-state index is -0.0778. The summed E-state index contributed by atoms with van der Waals surface area (Å²) in [7, 11) is 1.61. The smallest absolute Gasteiger partial charge is 0.259 e. The molecular weight excluding hydrogens is 389 g/mol. The van der Waals surface area contributed by atoms with E-state index in [0.717, 1.165) is 0 Å². The Morgan fingerprint density at radius 3 is 2.85 bits per heavy atom. The molecule has 1 amide bonds. The molecule has 2 aromatic carbocycles. The lowest BCUT2D eigenvalue weighted by molar-refractivity contribution is -0.116. The van der Waals surface area contributed by atoms with Gasteiger partial charge in [0.2, 0.25) is 11.7 Å². The maximum atomic E-state index is 11.9. The fourth-order valence-corrected chi connectivity index (χ4v) is 2.94. The molecule has 8 heteroatoms. The second-order valence-corrected chi connectivity index (χ2v) is 6.62. The Labute approximate surface area is 166 Å². The van der Waals surface area contributed by atoms with Crippen molar-refractivity contribution < 1.29 is 14.1 Å². The highest BCUT2D eigenvalue weighted by atomic mass is 35.5. The van der Waals surface area contributed by atoms with E-state index in [1.165, 1.54) is 0 Å². The molecule has 0 radical (unpaired) electrons. The van der Waals surface area contributed by atoms with Crippen LogP contribution in [0.5, 0.6) is 0 Å². The highest BCUT2D eigenvalue weighted by Gasteiger charge is 2.14. The first-order chi connectivity index (χ1) is 13.1. The number of anilines is 1. The Kier molecular flexibility index (Phi) is 6.45. The van der Waals surface area contributed by atoms with Gasteiger partial charge in [-0.25, -0.2) is 0 Å². The second kappa shape index (κ2) is 8.99. The highest BCUT2D eigenvalue weighted by Crippen LogP contribution is 2.31. The number of hydrogen-bond donors (Lipinski definition) is 1. The van der Waals surface area contributed by atoms with Gasteiger partial charge in [0.1, 0.15) is 0 Å². The number of nitrogens with one attached hydrogen (secondary N) is 1. The lowest BCUT2D eigenvalue weighted by Gasteiger charge is -2.06. The zero-order chi connectivity index (χ0) is 19.2. The minimum Gasteiger partial charge on any atom is -0.385 e. The zero-order valence-electron chi connectivity index (χ0n) is 14.5. The summed E-state index contributed by atoms with van der Waals surface area (Å²) in [5.41, 5.74) is 1.97. The molecule has 27 heavy (non-hydrogen) atoms. The topological polar surface area (TPSA) is 77.2 Å². The van der Waals surface area contributed by atoms with Crippen LogP contribution in [0.25, 0.3) is 22.8 Å². The second-order valence-electron chi connectivity index (χ2n) is 5.77. The number of amides is 1. The van der Waals surface area contributed by atoms with Crippen molar-refractivity contribution in [3.05, 3.63) is 52.5 Å². The number of rotatable bonds is 7. The molecule has 0 aliphatic carbocycles. The molecule has 6 nitrogen and oxygen atoms in total. The van der Waals surface area contributed by atoms with E-state index in [9.17, 15) is 4.79 Å². The Morgan fingerprint density at radius 2 is 2.07 bits per heavy atom. The van der Waals surface area contributed by atoms with E-state index < -0.39 is 0 Å². The van der Waals surface area contributed by atoms with Crippen LogP contribution < -0.4 is 5.32 Å². The Balaban J connectivity index is 1.76. The molecule has 0 atom stereocenters. The molecule has 3 rings (SSSR count). The van der Waals surface area contributed by atoms with Gasteiger partial charge in [-0.15, -0.1) is 0 Å². The predicted molar refractivity (Wildman–Crippen MR) is 105 cm³/mol. The predicted octanol–water partition coefficient (Wildman–Crippen LogP) is 5.08. The van der Waals surface area contributed by atoms with Crippen LogP contribution in [-0.2, 0) is 9.53 Å². The van der Waals surface area contributed by atoms with E-state index in [2.05, 4.69) is 15.5 Å². The molecule has 0 aliphatic heterocycles. The number of benzene rings is 2. The van der Waals surface area contributed by atoms with Crippen LogP contribution in [0.3, 0.4) is 0 Å². The Hall–Kier alpha value is -2.41. The fourth-order valence-electron chi connectivity index (χ4n) is 2.45. The van der Waals surface area contributed by atoms with E-state index in [-0.39, 0.29) is 5.91 Å². The number of nitrogens with zero attached hydrogens (tertiary/aromatic N) is 2. The molecule has 1 aromatic heterocycles. The minimum absolute atomic E-state index is 0.0778. The van der Waals surface area contributed by atoms with Gasteiger partial charge < -0.3 is 14.6 Å². The molecule has 3 aromatic rings. The largest absolute Gasteiger partial charge is 0.385 e. The number of carbonyl (C=O) groups excluding carboxylic acids is 1. The summed E-state index contributed by atoms with van der Waals surface area (Å²) in [5, 5.41) is 7.80. The third-order valence-electron chi connectivity index (χ3n) is 3.74. The van der Waals surface area contributed by atoms with Gasteiger partial charge >= 0.3 is 0 Å². The van der Waals surface area contributed by atoms with Crippen LogP contribution in [0.2, 0.25) is 10.0 Å². The summed E-state index contributed by atoms with van der Waals surface area (Å²) < 4.78 is 10.3. The van der Waals surface area contributed by atoms with Gasteiger partial charge in [-0.2, -0.15) is 4.98 Å². The molecule has 0 spiro atoms. The molecule has 1 heterocycles. The van der Waals surface area contributed by atoms with Crippen molar-refractivity contribution in [2.24, 2.45) is 0 Å². The quantitative estimate of drug-likeness (QED) is 0.554. The summed E-state index contributed by atoms with van der Waals surface area (Å²) in [5.74, 6) is 0.609. The van der Waals surface area contributed by atoms with Crippen molar-refractivity contribution >= 4 is 34.8 Å². The van der Waals surface area contributed by atoms with Gasteiger partial charge in [-0.05, 0) is 36.8 Å². The first-order valence-electron chi connectivity index (χ1n) is 8.25. The standard InChI is InChI=1S/C19H17Cl2N3O3/c1-26-9-3-6-17(25)22-14-5-2-4-12(10-14)18-23-19(27-24-18)15-8-7-13(20)11-16(15)21/h2,4-5,7-8,10-11H,3,6,9H2,1H3,(H,22,25). The van der Waals surface area contributed by atoms with Crippen LogP contribution in [0.1, 0.15) is 12.8 Å². The van der Waals surface area contributed by atoms with E-state index in [1.54, 1.807) is 37.4 Å². The van der Waals surface area contributed by atoms with Gasteiger partial charge in [-0.3, -0.25) is 4.79 Å². The third-order valence-corrected chi connectivity index (χ3v) is 4.29. The first-order valence-corrected chi connectivity index (χ1v) is 9.01. The highest BCUT2D eigenvalue weighted by molar-refractivity contribution is 6.36. The summed E-state index contributed by atoms with van der Waals surface area (Å²) in [6, 6.07) is 12.3. The maximum Gasteiger partial charge on any atom is 0.259 e. The van der Waals surface area contributed by atoms with Crippen molar-refractivity contribution in [3.63, 3.8) is 0 Å². The molecule has 0 saturated heterocycles. The van der Waals surface area contributed by atoms with Gasteiger partial charge in [-0.1, -0.05) is 40.5 Å². The van der Waals surface area contributed by atoms with E-state index >= 15 is 0 Å². The van der Waals surface area contributed by atoms with Crippen LogP contribution >= 0.6 is 23.2 Å². The Bertz CT molecular complexity index is 943. The van der Waals surface area contributed by atoms with Crippen molar-refractivity contribution in [2.45, 2.75) is 12.8 Å². The van der Waals surface area contributed by atoms with Crippen molar-refractivity contribution in [2.75, 3.05) is 19.0 Å². The van der Waals surface area contributed by atoms with Crippen LogP contribution in [0.4, 0.5) is 5.69 Å². The monoisotopic (exact) mass is 405 g/mol. The van der Waals surface area contributed by atoms with Crippen LogP contribution in [0, 0.1) is 0 Å². The number of methoxy groups -OCH3 is 1. The fraction of sp³-hybridized carbons (Fsp3) is 0.211. The average Bonchev–Trinajstić information content (AvgIpc) is 3.12. The van der Waals surface area contributed by atoms with E-state index in [4.69, 9.17) is 32.5 Å². The molecular formula is C19H17Cl2N3O3. The molecule has 0 bridgehead atoms. The summed E-state index contributed by atoms with van der Waals surface area (Å²) in [6.07, 6.45) is 1.05. The molecule has 0 fully saturated rings. The van der Waals surface area contributed by atoms with Gasteiger partial charge in [0.15, 0.2) is 0 Å². The van der Waals surface area contributed by atoms with Crippen LogP contribution in [0.15, 0.2) is 47.0 Å².